The van der Waals surface area contributed by atoms with E-state index in [2.05, 4.69) is 0 Å². The molecular weight excluding hydrogens is 199 g/mol. The number of ether oxygens (including phenoxy) is 1. The molecule has 0 aliphatic heterocycles. The van der Waals surface area contributed by atoms with Crippen LogP contribution in [-0.4, -0.2) is 17.2 Å². The summed E-state index contributed by atoms with van der Waals surface area (Å²) in [5.74, 6) is -0.964. The van der Waals surface area contributed by atoms with E-state index in [-0.39, 0.29) is 5.82 Å². The van der Waals surface area contributed by atoms with E-state index in [1.54, 1.807) is 13.8 Å². The van der Waals surface area contributed by atoms with Crippen molar-refractivity contribution in [3.8, 4) is 5.75 Å². The largest absolute Gasteiger partial charge is 0.479 e. The Morgan fingerprint density at radius 3 is 2.73 bits per heavy atom. The molecule has 0 spiro atoms. The van der Waals surface area contributed by atoms with E-state index in [4.69, 9.17) is 9.84 Å². The Morgan fingerprint density at radius 1 is 1.60 bits per heavy atom. The standard InChI is InChI=1S/C11H13FO3/c1-3-10(11(13)14)15-8-4-5-9(12)7(2)6-8/h4-6,10H,3H2,1-2H3,(H,13,14). The topological polar surface area (TPSA) is 46.5 Å². The first-order chi connectivity index (χ1) is 7.04. The zero-order valence-corrected chi connectivity index (χ0v) is 8.66. The predicted octanol–water partition coefficient (Wildman–Crippen LogP) is 2.38. The molecule has 0 aromatic heterocycles. The Kier molecular flexibility index (Phi) is 3.66. The Morgan fingerprint density at radius 2 is 2.27 bits per heavy atom. The molecule has 1 unspecified atom stereocenters. The lowest BCUT2D eigenvalue weighted by Gasteiger charge is -2.13. The van der Waals surface area contributed by atoms with Crippen LogP contribution in [0.15, 0.2) is 18.2 Å². The number of aryl methyl sites for hydroxylation is 1. The number of hydrogen-bond donors (Lipinski definition) is 1. The molecule has 1 aromatic carbocycles. The summed E-state index contributed by atoms with van der Waals surface area (Å²) in [5.41, 5.74) is 0.438. The zero-order valence-electron chi connectivity index (χ0n) is 8.66. The molecule has 0 aliphatic carbocycles. The summed E-state index contributed by atoms with van der Waals surface area (Å²) in [4.78, 5) is 10.7. The van der Waals surface area contributed by atoms with Crippen molar-refractivity contribution in [1.29, 1.82) is 0 Å². The van der Waals surface area contributed by atoms with E-state index in [1.807, 2.05) is 0 Å². The number of aliphatic carboxylic acids is 1. The van der Waals surface area contributed by atoms with Gasteiger partial charge in [0.1, 0.15) is 11.6 Å². The van der Waals surface area contributed by atoms with Crippen molar-refractivity contribution >= 4 is 5.97 Å². The Balaban J connectivity index is 2.80. The second kappa shape index (κ2) is 4.77. The minimum absolute atomic E-state index is 0.328. The first kappa shape index (κ1) is 11.5. The molecule has 82 valence electrons. The van der Waals surface area contributed by atoms with Crippen molar-refractivity contribution in [2.75, 3.05) is 0 Å². The molecule has 3 nitrogen and oxygen atoms in total. The summed E-state index contributed by atoms with van der Waals surface area (Å²) in [6, 6.07) is 4.17. The summed E-state index contributed by atoms with van der Waals surface area (Å²) >= 11 is 0. The van der Waals surface area contributed by atoms with E-state index in [0.717, 1.165) is 0 Å². The van der Waals surface area contributed by atoms with E-state index in [9.17, 15) is 9.18 Å². The third kappa shape index (κ3) is 2.94. The highest BCUT2D eigenvalue weighted by Crippen LogP contribution is 2.18. The highest BCUT2D eigenvalue weighted by atomic mass is 19.1. The smallest absolute Gasteiger partial charge is 0.344 e. The summed E-state index contributed by atoms with van der Waals surface area (Å²) in [6.45, 7) is 3.32. The van der Waals surface area contributed by atoms with Crippen LogP contribution in [0.25, 0.3) is 0 Å². The van der Waals surface area contributed by atoms with Crippen molar-refractivity contribution in [3.63, 3.8) is 0 Å². The van der Waals surface area contributed by atoms with Gasteiger partial charge >= 0.3 is 5.97 Å². The Hall–Kier alpha value is -1.58. The van der Waals surface area contributed by atoms with Gasteiger partial charge in [0, 0.05) is 0 Å². The first-order valence-corrected chi connectivity index (χ1v) is 4.70. The Bertz CT molecular complexity index is 363. The molecule has 1 rings (SSSR count). The number of carboxylic acids is 1. The van der Waals surface area contributed by atoms with Crippen molar-refractivity contribution in [3.05, 3.63) is 29.6 Å². The maximum absolute atomic E-state index is 12.9. The van der Waals surface area contributed by atoms with Crippen molar-refractivity contribution in [1.82, 2.24) is 0 Å². The van der Waals surface area contributed by atoms with Crippen molar-refractivity contribution in [2.24, 2.45) is 0 Å². The van der Waals surface area contributed by atoms with Gasteiger partial charge in [-0.25, -0.2) is 9.18 Å². The number of carboxylic acid groups (broad SMARTS) is 1. The van der Waals surface area contributed by atoms with Gasteiger partial charge < -0.3 is 9.84 Å². The van der Waals surface area contributed by atoms with Gasteiger partial charge in [0.2, 0.25) is 0 Å². The normalized spacial score (nSPS) is 12.2. The van der Waals surface area contributed by atoms with Gasteiger partial charge in [0.15, 0.2) is 6.10 Å². The van der Waals surface area contributed by atoms with Crippen LogP contribution in [0, 0.1) is 12.7 Å². The number of hydrogen-bond acceptors (Lipinski definition) is 2. The number of rotatable bonds is 4. The number of carbonyl (C=O) groups is 1. The lowest BCUT2D eigenvalue weighted by Crippen LogP contribution is -2.25. The summed E-state index contributed by atoms with van der Waals surface area (Å²) < 4.78 is 18.1. The Labute approximate surface area is 87.5 Å². The molecule has 0 saturated carbocycles. The minimum atomic E-state index is -1.01. The van der Waals surface area contributed by atoms with Crippen LogP contribution in [0.5, 0.6) is 5.75 Å². The van der Waals surface area contributed by atoms with Crippen LogP contribution in [0.3, 0.4) is 0 Å². The first-order valence-electron chi connectivity index (χ1n) is 4.70. The highest BCUT2D eigenvalue weighted by molar-refractivity contribution is 5.72. The van der Waals surface area contributed by atoms with Crippen molar-refractivity contribution < 1.29 is 19.0 Å². The molecule has 0 heterocycles. The molecule has 15 heavy (non-hydrogen) atoms. The van der Waals surface area contributed by atoms with E-state index in [1.165, 1.54) is 18.2 Å². The number of halogens is 1. The van der Waals surface area contributed by atoms with E-state index < -0.39 is 12.1 Å². The molecule has 0 bridgehead atoms. The maximum atomic E-state index is 12.9. The quantitative estimate of drug-likeness (QED) is 0.833. The third-order valence-electron chi connectivity index (χ3n) is 2.05. The van der Waals surface area contributed by atoms with Gasteiger partial charge in [-0.1, -0.05) is 6.92 Å². The average Bonchev–Trinajstić information content (AvgIpc) is 2.19. The van der Waals surface area contributed by atoms with Crippen LogP contribution in [0.4, 0.5) is 4.39 Å². The molecule has 0 amide bonds. The molecule has 0 aliphatic rings. The SMILES string of the molecule is CCC(Oc1ccc(F)c(C)c1)C(=O)O. The second-order valence-corrected chi connectivity index (χ2v) is 3.26. The molecule has 0 saturated heterocycles. The molecular formula is C11H13FO3. The minimum Gasteiger partial charge on any atom is -0.479 e. The number of benzene rings is 1. The molecule has 0 fully saturated rings. The van der Waals surface area contributed by atoms with Gasteiger partial charge in [-0.2, -0.15) is 0 Å². The molecule has 1 aromatic rings. The van der Waals surface area contributed by atoms with Crippen molar-refractivity contribution in [2.45, 2.75) is 26.4 Å². The lowest BCUT2D eigenvalue weighted by atomic mass is 10.2. The van der Waals surface area contributed by atoms with Crippen LogP contribution >= 0.6 is 0 Å². The fourth-order valence-corrected chi connectivity index (χ4v) is 1.16. The second-order valence-electron chi connectivity index (χ2n) is 3.26. The predicted molar refractivity (Wildman–Crippen MR) is 53.5 cm³/mol. The fraction of sp³-hybridized carbons (Fsp3) is 0.364. The van der Waals surface area contributed by atoms with Gasteiger partial charge in [-0.3, -0.25) is 0 Å². The zero-order chi connectivity index (χ0) is 11.4. The van der Waals surface area contributed by atoms with Gasteiger partial charge in [-0.05, 0) is 37.1 Å². The van der Waals surface area contributed by atoms with Crippen LogP contribution < -0.4 is 4.74 Å². The summed E-state index contributed by atoms with van der Waals surface area (Å²) in [6.07, 6.45) is -0.513. The van der Waals surface area contributed by atoms with Gasteiger partial charge in [0.25, 0.3) is 0 Å². The summed E-state index contributed by atoms with van der Waals surface area (Å²) in [5, 5.41) is 8.76. The van der Waals surface area contributed by atoms with Crippen LogP contribution in [0.2, 0.25) is 0 Å². The lowest BCUT2D eigenvalue weighted by molar-refractivity contribution is -0.145. The van der Waals surface area contributed by atoms with Gasteiger partial charge in [-0.15, -0.1) is 0 Å². The molecule has 0 radical (unpaired) electrons. The van der Waals surface area contributed by atoms with E-state index >= 15 is 0 Å². The molecule has 4 heteroatoms. The van der Waals surface area contributed by atoms with Crippen LogP contribution in [0.1, 0.15) is 18.9 Å². The maximum Gasteiger partial charge on any atom is 0.344 e. The van der Waals surface area contributed by atoms with Crippen LogP contribution in [-0.2, 0) is 4.79 Å². The van der Waals surface area contributed by atoms with Gasteiger partial charge in [0.05, 0.1) is 0 Å². The third-order valence-corrected chi connectivity index (χ3v) is 2.05. The average molecular weight is 212 g/mol. The fourth-order valence-electron chi connectivity index (χ4n) is 1.16. The monoisotopic (exact) mass is 212 g/mol. The molecule has 1 atom stereocenters. The molecule has 1 N–H and O–H groups in total. The summed E-state index contributed by atoms with van der Waals surface area (Å²) in [7, 11) is 0. The highest BCUT2D eigenvalue weighted by Gasteiger charge is 2.16. The van der Waals surface area contributed by atoms with E-state index in [0.29, 0.717) is 17.7 Å².